The van der Waals surface area contributed by atoms with Crippen LogP contribution in [0.2, 0.25) is 0 Å². The van der Waals surface area contributed by atoms with E-state index in [1.54, 1.807) is 0 Å². The van der Waals surface area contributed by atoms with E-state index in [4.69, 9.17) is 11.0 Å². The molecule has 15 heavy (non-hydrogen) atoms. The summed E-state index contributed by atoms with van der Waals surface area (Å²) in [5.41, 5.74) is 5.01. The highest BCUT2D eigenvalue weighted by Gasteiger charge is 2.33. The van der Waals surface area contributed by atoms with Crippen LogP contribution in [0.5, 0.6) is 5.88 Å². The third-order valence-electron chi connectivity index (χ3n) is 1.30. The van der Waals surface area contributed by atoms with Gasteiger partial charge in [0.1, 0.15) is 16.2 Å². The molecule has 0 aromatic carbocycles. The van der Waals surface area contributed by atoms with Crippen molar-refractivity contribution in [1.29, 1.82) is 5.26 Å². The van der Waals surface area contributed by atoms with Gasteiger partial charge in [-0.15, -0.1) is 13.2 Å². The second-order valence-electron chi connectivity index (χ2n) is 2.38. The third-order valence-corrected chi connectivity index (χ3v) is 1.94. The molecule has 1 heterocycles. The number of ether oxygens (including phenoxy) is 1. The molecule has 0 fully saturated rings. The molecule has 1 rings (SSSR count). The van der Waals surface area contributed by atoms with Gasteiger partial charge in [0, 0.05) is 0 Å². The highest BCUT2D eigenvalue weighted by Crippen LogP contribution is 2.28. The predicted molar refractivity (Wildman–Crippen MR) is 47.7 cm³/mol. The summed E-state index contributed by atoms with van der Waals surface area (Å²) in [4.78, 5) is 3.36. The van der Waals surface area contributed by atoms with Crippen LogP contribution in [0.15, 0.2) is 10.7 Å². The van der Waals surface area contributed by atoms with Gasteiger partial charge < -0.3 is 10.5 Å². The molecule has 80 valence electrons. The van der Waals surface area contributed by atoms with Crippen molar-refractivity contribution in [3.63, 3.8) is 0 Å². The van der Waals surface area contributed by atoms with E-state index in [1.165, 1.54) is 6.07 Å². The molecule has 0 aliphatic heterocycles. The van der Waals surface area contributed by atoms with Crippen molar-refractivity contribution < 1.29 is 17.9 Å². The van der Waals surface area contributed by atoms with Crippen LogP contribution in [0.4, 0.5) is 18.9 Å². The number of hydrogen-bond acceptors (Lipinski definition) is 4. The molecule has 0 bridgehead atoms. The van der Waals surface area contributed by atoms with Crippen molar-refractivity contribution in [2.24, 2.45) is 0 Å². The lowest BCUT2D eigenvalue weighted by Gasteiger charge is -2.09. The van der Waals surface area contributed by atoms with Gasteiger partial charge in [-0.2, -0.15) is 5.26 Å². The number of nitriles is 1. The van der Waals surface area contributed by atoms with Crippen molar-refractivity contribution in [2.45, 2.75) is 6.36 Å². The van der Waals surface area contributed by atoms with Crippen molar-refractivity contribution in [3.05, 3.63) is 16.2 Å². The lowest BCUT2D eigenvalue weighted by atomic mass is 10.3. The second kappa shape index (κ2) is 3.94. The van der Waals surface area contributed by atoms with Gasteiger partial charge in [-0.05, 0) is 22.0 Å². The van der Waals surface area contributed by atoms with E-state index in [-0.39, 0.29) is 15.9 Å². The summed E-state index contributed by atoms with van der Waals surface area (Å²) in [6.07, 6.45) is -4.89. The standard InChI is InChI=1S/C7H3BrF3N3O/c8-5-4(13)1-3(2-12)6(14-5)15-7(9,10)11/h1H,13H2. The number of nitrogens with zero attached hydrogens (tertiary/aromatic N) is 2. The van der Waals surface area contributed by atoms with E-state index in [0.29, 0.717) is 0 Å². The Labute approximate surface area is 90.6 Å². The van der Waals surface area contributed by atoms with E-state index in [0.717, 1.165) is 6.07 Å². The molecule has 0 unspecified atom stereocenters. The lowest BCUT2D eigenvalue weighted by Crippen LogP contribution is -2.19. The third kappa shape index (κ3) is 2.99. The number of pyridine rings is 1. The van der Waals surface area contributed by atoms with Gasteiger partial charge in [0.05, 0.1) is 5.69 Å². The van der Waals surface area contributed by atoms with Crippen LogP contribution in [0.25, 0.3) is 0 Å². The van der Waals surface area contributed by atoms with Crippen LogP contribution in [-0.2, 0) is 0 Å². The van der Waals surface area contributed by atoms with Crippen molar-refractivity contribution in [2.75, 3.05) is 5.73 Å². The number of nitrogen functional groups attached to an aromatic ring is 1. The number of nitrogens with two attached hydrogens (primary N) is 1. The minimum absolute atomic E-state index is 0.0132. The maximum absolute atomic E-state index is 11.9. The molecule has 0 spiro atoms. The minimum Gasteiger partial charge on any atom is -0.396 e. The zero-order chi connectivity index (χ0) is 11.6. The average Bonchev–Trinajstić information content (AvgIpc) is 2.08. The van der Waals surface area contributed by atoms with Gasteiger partial charge in [-0.3, -0.25) is 0 Å². The maximum atomic E-state index is 11.9. The summed E-state index contributed by atoms with van der Waals surface area (Å²) in [7, 11) is 0. The Morgan fingerprint density at radius 2 is 2.13 bits per heavy atom. The average molecular weight is 282 g/mol. The van der Waals surface area contributed by atoms with Crippen molar-refractivity contribution in [3.8, 4) is 11.9 Å². The van der Waals surface area contributed by atoms with Gasteiger partial charge in [-0.1, -0.05) is 0 Å². The number of alkyl halides is 3. The Morgan fingerprint density at radius 1 is 1.53 bits per heavy atom. The molecule has 0 radical (unpaired) electrons. The van der Waals surface area contributed by atoms with E-state index < -0.39 is 12.2 Å². The monoisotopic (exact) mass is 281 g/mol. The topological polar surface area (TPSA) is 71.9 Å². The molecule has 8 heteroatoms. The van der Waals surface area contributed by atoms with Crippen LogP contribution in [0.3, 0.4) is 0 Å². The molecule has 0 atom stereocenters. The van der Waals surface area contributed by atoms with Crippen LogP contribution < -0.4 is 10.5 Å². The minimum atomic E-state index is -4.89. The molecule has 0 saturated heterocycles. The molecule has 0 saturated carbocycles. The van der Waals surface area contributed by atoms with E-state index in [9.17, 15) is 13.2 Å². The van der Waals surface area contributed by atoms with Gasteiger partial charge in [-0.25, -0.2) is 4.98 Å². The maximum Gasteiger partial charge on any atom is 0.574 e. The van der Waals surface area contributed by atoms with Gasteiger partial charge in [0.2, 0.25) is 5.88 Å². The van der Waals surface area contributed by atoms with Crippen molar-refractivity contribution >= 4 is 21.6 Å². The molecule has 1 aromatic rings. The highest BCUT2D eigenvalue weighted by atomic mass is 79.9. The molecular formula is C7H3BrF3N3O. The lowest BCUT2D eigenvalue weighted by molar-refractivity contribution is -0.276. The Morgan fingerprint density at radius 3 is 2.60 bits per heavy atom. The van der Waals surface area contributed by atoms with Gasteiger partial charge in [0.15, 0.2) is 0 Å². The first-order valence-electron chi connectivity index (χ1n) is 3.45. The van der Waals surface area contributed by atoms with Crippen LogP contribution in [0, 0.1) is 11.3 Å². The predicted octanol–water partition coefficient (Wildman–Crippen LogP) is 2.20. The van der Waals surface area contributed by atoms with E-state index in [1.807, 2.05) is 0 Å². The normalized spacial score (nSPS) is 10.9. The summed E-state index contributed by atoms with van der Waals surface area (Å²) >= 11 is 2.82. The molecular weight excluding hydrogens is 279 g/mol. The first-order valence-corrected chi connectivity index (χ1v) is 4.24. The smallest absolute Gasteiger partial charge is 0.396 e. The molecule has 0 aliphatic rings. The SMILES string of the molecule is N#Cc1cc(N)c(Br)nc1OC(F)(F)F. The number of halogens is 4. The summed E-state index contributed by atoms with van der Waals surface area (Å²) in [6.45, 7) is 0. The van der Waals surface area contributed by atoms with Crippen LogP contribution in [0.1, 0.15) is 5.56 Å². The van der Waals surface area contributed by atoms with Gasteiger partial charge >= 0.3 is 6.36 Å². The Hall–Kier alpha value is -1.49. The highest BCUT2D eigenvalue weighted by molar-refractivity contribution is 9.10. The fourth-order valence-corrected chi connectivity index (χ4v) is 1.03. The number of rotatable bonds is 1. The Balaban J connectivity index is 3.18. The molecule has 1 aromatic heterocycles. The van der Waals surface area contributed by atoms with E-state index in [2.05, 4.69) is 25.7 Å². The largest absolute Gasteiger partial charge is 0.574 e. The summed E-state index contributed by atoms with van der Waals surface area (Å²) in [6, 6.07) is 2.54. The quantitative estimate of drug-likeness (QED) is 0.801. The van der Waals surface area contributed by atoms with E-state index >= 15 is 0 Å². The number of aromatic nitrogens is 1. The molecule has 0 aliphatic carbocycles. The van der Waals surface area contributed by atoms with Crippen LogP contribution in [-0.4, -0.2) is 11.3 Å². The second-order valence-corrected chi connectivity index (χ2v) is 3.13. The zero-order valence-corrected chi connectivity index (χ0v) is 8.56. The van der Waals surface area contributed by atoms with Crippen LogP contribution >= 0.6 is 15.9 Å². The molecule has 4 nitrogen and oxygen atoms in total. The summed E-state index contributed by atoms with van der Waals surface area (Å²) < 4.78 is 39.1. The first kappa shape index (κ1) is 11.6. The fraction of sp³-hybridized carbons (Fsp3) is 0.143. The van der Waals surface area contributed by atoms with Crippen molar-refractivity contribution in [1.82, 2.24) is 4.98 Å². The fourth-order valence-electron chi connectivity index (χ4n) is 0.758. The Bertz CT molecular complexity index is 427. The first-order chi connectivity index (χ1) is 6.83. The number of anilines is 1. The summed E-state index contributed by atoms with van der Waals surface area (Å²) in [5, 5.41) is 8.52. The van der Waals surface area contributed by atoms with Gasteiger partial charge in [0.25, 0.3) is 0 Å². The number of hydrogen-bond donors (Lipinski definition) is 1. The Kier molecular flexibility index (Phi) is 3.04. The molecule has 0 amide bonds. The summed E-state index contributed by atoms with van der Waals surface area (Å²) in [5.74, 6) is -0.828. The zero-order valence-electron chi connectivity index (χ0n) is 6.97. The molecule has 2 N–H and O–H groups in total.